The molecule has 164 valence electrons. The Labute approximate surface area is 170 Å². The lowest BCUT2D eigenvalue weighted by Gasteiger charge is -2.19. The predicted octanol–water partition coefficient (Wildman–Crippen LogP) is 2.82. The molecule has 9 nitrogen and oxygen atoms in total. The maximum atomic E-state index is 12.9. The molecule has 3 rings (SSSR count). The zero-order valence-corrected chi connectivity index (χ0v) is 16.4. The summed E-state index contributed by atoms with van der Waals surface area (Å²) in [5.74, 6) is -1.90. The lowest BCUT2D eigenvalue weighted by molar-refractivity contribution is -0.145. The van der Waals surface area contributed by atoms with Gasteiger partial charge in [0.25, 0.3) is 11.7 Å². The van der Waals surface area contributed by atoms with E-state index in [9.17, 15) is 22.8 Å². The van der Waals surface area contributed by atoms with Crippen molar-refractivity contribution in [3.63, 3.8) is 0 Å². The van der Waals surface area contributed by atoms with Gasteiger partial charge in [-0.15, -0.1) is 5.10 Å². The summed E-state index contributed by atoms with van der Waals surface area (Å²) in [5.41, 5.74) is 0. The molecule has 1 saturated carbocycles. The molecule has 1 fully saturated rings. The van der Waals surface area contributed by atoms with Crippen LogP contribution in [-0.2, 0) is 27.0 Å². The topological polar surface area (TPSA) is 104 Å². The molecule has 0 radical (unpaired) electrons. The van der Waals surface area contributed by atoms with Crippen LogP contribution >= 0.6 is 0 Å². The van der Waals surface area contributed by atoms with E-state index in [0.29, 0.717) is 6.42 Å². The van der Waals surface area contributed by atoms with Crippen LogP contribution in [-0.4, -0.2) is 43.0 Å². The highest BCUT2D eigenvalue weighted by Crippen LogP contribution is 2.33. The molecule has 2 heterocycles. The van der Waals surface area contributed by atoms with Crippen LogP contribution in [0, 0.1) is 5.92 Å². The minimum absolute atomic E-state index is 0.118. The predicted molar refractivity (Wildman–Crippen MR) is 98.1 cm³/mol. The monoisotopic (exact) mass is 428 g/mol. The third-order valence-electron chi connectivity index (χ3n) is 4.90. The average Bonchev–Trinajstić information content (AvgIpc) is 3.41. The number of hydrogen-bond acceptors (Lipinski definition) is 6. The van der Waals surface area contributed by atoms with Crippen molar-refractivity contribution in [2.45, 2.75) is 57.8 Å². The molecule has 0 spiro atoms. The van der Waals surface area contributed by atoms with Gasteiger partial charge in [-0.25, -0.2) is 9.67 Å². The van der Waals surface area contributed by atoms with E-state index < -0.39 is 29.9 Å². The minimum Gasteiger partial charge on any atom is -0.465 e. The van der Waals surface area contributed by atoms with Gasteiger partial charge in [-0.2, -0.15) is 18.3 Å². The number of rotatable bonds is 8. The second-order valence-electron chi connectivity index (χ2n) is 7.14. The molecule has 12 heteroatoms. The van der Waals surface area contributed by atoms with Crippen LogP contribution in [0.5, 0.6) is 0 Å². The highest BCUT2D eigenvalue weighted by Gasteiger charge is 2.37. The van der Waals surface area contributed by atoms with Crippen LogP contribution in [0.2, 0.25) is 0 Å². The maximum Gasteiger partial charge on any atom is 0.453 e. The summed E-state index contributed by atoms with van der Waals surface area (Å²) in [6.45, 7) is 1.81. The largest absolute Gasteiger partial charge is 0.465 e. The van der Waals surface area contributed by atoms with Crippen LogP contribution in [0.4, 0.5) is 19.0 Å². The first-order valence-corrected chi connectivity index (χ1v) is 9.74. The van der Waals surface area contributed by atoms with E-state index in [1.165, 1.54) is 16.9 Å². The van der Waals surface area contributed by atoms with Crippen molar-refractivity contribution in [3.8, 4) is 0 Å². The van der Waals surface area contributed by atoms with Crippen molar-refractivity contribution in [1.29, 1.82) is 0 Å². The Bertz CT molecular complexity index is 873. The van der Waals surface area contributed by atoms with Crippen molar-refractivity contribution < 1.29 is 27.5 Å². The molecule has 0 bridgehead atoms. The number of ether oxygens (including phenoxy) is 1. The number of esters is 1. The first-order valence-electron chi connectivity index (χ1n) is 9.74. The molecule has 0 aliphatic heterocycles. The van der Waals surface area contributed by atoms with Crippen molar-refractivity contribution in [3.05, 3.63) is 24.4 Å². The smallest absolute Gasteiger partial charge is 0.453 e. The van der Waals surface area contributed by atoms with Gasteiger partial charge in [0.2, 0.25) is 0 Å². The van der Waals surface area contributed by atoms with Gasteiger partial charge in [0.05, 0.1) is 6.61 Å². The number of alkyl halides is 3. The zero-order chi connectivity index (χ0) is 21.7. The molecule has 2 aromatic rings. The second kappa shape index (κ2) is 9.26. The lowest BCUT2D eigenvalue weighted by Crippen LogP contribution is -2.29. The van der Waals surface area contributed by atoms with Crippen LogP contribution < -0.4 is 5.32 Å². The molecule has 1 N–H and O–H groups in total. The fraction of sp³-hybridized carbons (Fsp3) is 0.611. The molecule has 1 aliphatic carbocycles. The fourth-order valence-corrected chi connectivity index (χ4v) is 3.52. The number of halogens is 3. The van der Waals surface area contributed by atoms with Gasteiger partial charge in [-0.05, 0) is 19.3 Å². The van der Waals surface area contributed by atoms with Crippen molar-refractivity contribution >= 4 is 17.7 Å². The minimum atomic E-state index is -4.69. The van der Waals surface area contributed by atoms with Gasteiger partial charge in [0, 0.05) is 12.3 Å². The van der Waals surface area contributed by atoms with Crippen molar-refractivity contribution in [1.82, 2.24) is 24.5 Å². The van der Waals surface area contributed by atoms with Crippen molar-refractivity contribution in [2.75, 3.05) is 11.9 Å². The van der Waals surface area contributed by atoms with Gasteiger partial charge in [-0.1, -0.05) is 25.7 Å². The summed E-state index contributed by atoms with van der Waals surface area (Å²) in [4.78, 5) is 27.7. The Kier molecular flexibility index (Phi) is 6.73. The first-order chi connectivity index (χ1) is 14.3. The van der Waals surface area contributed by atoms with E-state index in [1.54, 1.807) is 6.92 Å². The summed E-state index contributed by atoms with van der Waals surface area (Å²) in [6, 6.07) is 0.540. The Balaban J connectivity index is 1.73. The summed E-state index contributed by atoms with van der Waals surface area (Å²) in [6.07, 6.45) is 1.99. The van der Waals surface area contributed by atoms with Gasteiger partial charge >= 0.3 is 12.1 Å². The second-order valence-corrected chi connectivity index (χ2v) is 7.14. The summed E-state index contributed by atoms with van der Waals surface area (Å²) >= 11 is 0. The molecule has 1 aliphatic rings. The fourth-order valence-electron chi connectivity index (χ4n) is 3.52. The van der Waals surface area contributed by atoms with E-state index >= 15 is 0 Å². The molecule has 1 atom stereocenters. The Morgan fingerprint density at radius 3 is 2.67 bits per heavy atom. The summed E-state index contributed by atoms with van der Waals surface area (Å²) < 4.78 is 45.8. The van der Waals surface area contributed by atoms with Crippen LogP contribution in [0.3, 0.4) is 0 Å². The van der Waals surface area contributed by atoms with E-state index in [-0.39, 0.29) is 24.9 Å². The Morgan fingerprint density at radius 1 is 1.30 bits per heavy atom. The number of nitrogens with one attached hydrogen (secondary N) is 1. The van der Waals surface area contributed by atoms with Crippen molar-refractivity contribution in [2.24, 2.45) is 5.92 Å². The quantitative estimate of drug-likeness (QED) is 0.649. The van der Waals surface area contributed by atoms with Gasteiger partial charge in [-0.3, -0.25) is 14.3 Å². The number of carbonyl (C=O) groups excluding carboxylic acids is 2. The zero-order valence-electron chi connectivity index (χ0n) is 16.4. The third kappa shape index (κ3) is 5.57. The van der Waals surface area contributed by atoms with E-state index in [4.69, 9.17) is 4.74 Å². The summed E-state index contributed by atoms with van der Waals surface area (Å²) in [5, 5.41) is 10.2. The number of hydrogen-bond donors (Lipinski definition) is 1. The highest BCUT2D eigenvalue weighted by atomic mass is 19.4. The van der Waals surface area contributed by atoms with Crippen LogP contribution in [0.1, 0.15) is 50.9 Å². The molecule has 0 aromatic carbocycles. The highest BCUT2D eigenvalue weighted by molar-refractivity contribution is 5.92. The molecular formula is C18H23F3N6O3. The third-order valence-corrected chi connectivity index (χ3v) is 4.90. The number of nitrogens with zero attached hydrogens (tertiary/aromatic N) is 5. The summed E-state index contributed by atoms with van der Waals surface area (Å²) in [7, 11) is 0. The van der Waals surface area contributed by atoms with E-state index in [2.05, 4.69) is 20.5 Å². The lowest BCUT2D eigenvalue weighted by atomic mass is 9.98. The van der Waals surface area contributed by atoms with Gasteiger partial charge < -0.3 is 10.1 Å². The molecule has 0 saturated heterocycles. The molecule has 2 aromatic heterocycles. The standard InChI is InChI=1S/C18H23F3N6O3/c1-2-30-15(28)10-26-8-7-14(24-26)23-16(29)13(9-12-5-3-4-6-12)27-11-22-17(25-27)18(19,20)21/h7-8,11-13H,2-6,9-10H2,1H3,(H,23,24,29). The maximum absolute atomic E-state index is 12.9. The number of carbonyl (C=O) groups is 2. The first kappa shape index (κ1) is 21.8. The molecule has 30 heavy (non-hydrogen) atoms. The Hall–Kier alpha value is -2.92. The molecule has 1 amide bonds. The van der Waals surface area contributed by atoms with E-state index in [1.807, 2.05) is 0 Å². The molecule has 1 unspecified atom stereocenters. The Morgan fingerprint density at radius 2 is 2.03 bits per heavy atom. The molecular weight excluding hydrogens is 405 g/mol. The average molecular weight is 428 g/mol. The van der Waals surface area contributed by atoms with Gasteiger partial charge in [0.1, 0.15) is 18.9 Å². The van der Waals surface area contributed by atoms with Crippen LogP contribution in [0.15, 0.2) is 18.6 Å². The van der Waals surface area contributed by atoms with Crippen LogP contribution in [0.25, 0.3) is 0 Å². The SMILES string of the molecule is CCOC(=O)Cn1ccc(NC(=O)C(CC2CCCC2)n2cnc(C(F)(F)F)n2)n1. The van der Waals surface area contributed by atoms with E-state index in [0.717, 1.165) is 36.7 Å². The number of aromatic nitrogens is 5. The normalized spacial score (nSPS) is 15.9. The van der Waals surface area contributed by atoms with Gasteiger partial charge in [0.15, 0.2) is 5.82 Å². The number of amides is 1. The number of anilines is 1.